The van der Waals surface area contributed by atoms with Crippen molar-refractivity contribution in [3.8, 4) is 0 Å². The zero-order chi connectivity index (χ0) is 32.0. The lowest BCUT2D eigenvalue weighted by atomic mass is 9.76. The topological polar surface area (TPSA) is 133 Å². The fraction of sp³-hybridized carbons (Fsp3) is 0.844. The van der Waals surface area contributed by atoms with E-state index >= 15 is 0 Å². The van der Waals surface area contributed by atoms with Gasteiger partial charge >= 0.3 is 0 Å². The van der Waals surface area contributed by atoms with Gasteiger partial charge in [-0.1, -0.05) is 53.7 Å². The molecule has 41 heavy (non-hydrogen) atoms. The number of nitrogens with zero attached hydrogens (tertiary/aromatic N) is 3. The fourth-order valence-corrected chi connectivity index (χ4v) is 5.41. The number of ketones is 1. The van der Waals surface area contributed by atoms with Gasteiger partial charge in [0.15, 0.2) is 0 Å². The molecule has 238 valence electrons. The maximum absolute atomic E-state index is 10.9. The van der Waals surface area contributed by atoms with Crippen LogP contribution >= 0.6 is 0 Å². The summed E-state index contributed by atoms with van der Waals surface area (Å²) >= 11 is 0. The summed E-state index contributed by atoms with van der Waals surface area (Å²) in [5.41, 5.74) is 7.89. The minimum absolute atomic E-state index is 0.151. The van der Waals surface area contributed by atoms with E-state index in [-0.39, 0.29) is 20.7 Å². The van der Waals surface area contributed by atoms with Crippen molar-refractivity contribution in [3.63, 3.8) is 0 Å². The molecule has 0 aromatic rings. The van der Waals surface area contributed by atoms with E-state index in [0.717, 1.165) is 82.0 Å². The molecule has 0 bridgehead atoms. The van der Waals surface area contributed by atoms with Crippen LogP contribution in [0, 0.1) is 36.5 Å². The molecule has 2 unspecified atom stereocenters. The first-order chi connectivity index (χ1) is 18.7. The molecule has 0 aromatic carbocycles. The van der Waals surface area contributed by atoms with Gasteiger partial charge in [-0.3, -0.25) is 25.0 Å². The number of likely N-dealkylation sites (N-methyl/N-ethyl adjacent to an activating group) is 1. The second-order valence-electron chi connectivity index (χ2n) is 14.5. The summed E-state index contributed by atoms with van der Waals surface area (Å²) in [5, 5.41) is 21.1. The summed E-state index contributed by atoms with van der Waals surface area (Å²) in [4.78, 5) is 33.7. The number of nitro groups is 2. The molecule has 0 aliphatic heterocycles. The predicted octanol–water partition coefficient (Wildman–Crippen LogP) is 7.24. The van der Waals surface area contributed by atoms with Gasteiger partial charge < -0.3 is 10.6 Å². The van der Waals surface area contributed by atoms with E-state index < -0.39 is 12.1 Å². The maximum atomic E-state index is 10.9. The molecule has 1 fully saturated rings. The smallest absolute Gasteiger partial charge is 0.231 e. The summed E-state index contributed by atoms with van der Waals surface area (Å²) < 4.78 is 0. The van der Waals surface area contributed by atoms with Crippen LogP contribution in [0.1, 0.15) is 120 Å². The number of carbonyl (C=O) groups is 1. The second-order valence-corrected chi connectivity index (χ2v) is 14.5. The Kier molecular flexibility index (Phi) is 16.8. The highest BCUT2D eigenvalue weighted by molar-refractivity contribution is 5.79. The van der Waals surface area contributed by atoms with Crippen molar-refractivity contribution in [1.29, 1.82) is 0 Å². The van der Waals surface area contributed by atoms with Crippen LogP contribution in [0.2, 0.25) is 0 Å². The molecule has 0 spiro atoms. The van der Waals surface area contributed by atoms with Crippen LogP contribution in [0.3, 0.4) is 0 Å². The lowest BCUT2D eigenvalue weighted by molar-refractivity contribution is -0.508. The Morgan fingerprint density at radius 2 is 1.37 bits per heavy atom. The molecule has 0 aromatic heterocycles. The number of hydrogen-bond acceptors (Lipinski definition) is 7. The predicted molar refractivity (Wildman–Crippen MR) is 169 cm³/mol. The van der Waals surface area contributed by atoms with Crippen molar-refractivity contribution in [3.05, 3.63) is 43.5 Å². The Bertz CT molecular complexity index is 906. The van der Waals surface area contributed by atoms with Crippen molar-refractivity contribution in [2.24, 2.45) is 22.0 Å². The van der Waals surface area contributed by atoms with Crippen molar-refractivity contribution in [1.82, 2.24) is 4.90 Å². The van der Waals surface area contributed by atoms with Crippen molar-refractivity contribution >= 4 is 5.78 Å². The summed E-state index contributed by atoms with van der Waals surface area (Å²) in [7, 11) is 4.01. The lowest BCUT2D eigenvalue weighted by Crippen LogP contribution is -2.25. The highest BCUT2D eigenvalue weighted by Crippen LogP contribution is 2.37. The Morgan fingerprint density at radius 1 is 0.854 bits per heavy atom. The van der Waals surface area contributed by atoms with Gasteiger partial charge in [0.1, 0.15) is 5.78 Å². The summed E-state index contributed by atoms with van der Waals surface area (Å²) in [6, 6.07) is -1.00. The van der Waals surface area contributed by atoms with E-state index in [1.807, 2.05) is 20.2 Å². The van der Waals surface area contributed by atoms with Gasteiger partial charge in [-0.05, 0) is 92.9 Å². The number of allylic oxidation sites excluding steroid dienone is 2. The van der Waals surface area contributed by atoms with Gasteiger partial charge in [0.2, 0.25) is 12.1 Å². The monoisotopic (exact) mass is 580 g/mol. The molecular weight excluding hydrogens is 520 g/mol. The zero-order valence-electron chi connectivity index (χ0n) is 27.8. The van der Waals surface area contributed by atoms with E-state index in [1.165, 1.54) is 6.42 Å². The Hall–Kier alpha value is -2.13. The first-order valence-electron chi connectivity index (χ1n) is 15.3. The van der Waals surface area contributed by atoms with Gasteiger partial charge in [0.05, 0.1) is 0 Å². The van der Waals surface area contributed by atoms with Gasteiger partial charge in [0, 0.05) is 49.6 Å². The van der Waals surface area contributed by atoms with E-state index in [1.54, 1.807) is 13.8 Å². The second kappa shape index (κ2) is 17.7. The van der Waals surface area contributed by atoms with Crippen LogP contribution in [0.5, 0.6) is 0 Å². The van der Waals surface area contributed by atoms with Crippen molar-refractivity contribution in [2.75, 3.05) is 27.2 Å². The zero-order valence-corrected chi connectivity index (χ0v) is 27.8. The highest BCUT2D eigenvalue weighted by Gasteiger charge is 2.30. The summed E-state index contributed by atoms with van der Waals surface area (Å²) in [6.07, 6.45) is 14.2. The molecule has 3 aliphatic carbocycles. The summed E-state index contributed by atoms with van der Waals surface area (Å²) in [5.74, 6) is 0.450. The van der Waals surface area contributed by atoms with Crippen LogP contribution in [0.15, 0.2) is 23.3 Å². The van der Waals surface area contributed by atoms with Crippen LogP contribution < -0.4 is 5.73 Å². The van der Waals surface area contributed by atoms with E-state index in [2.05, 4.69) is 52.5 Å². The van der Waals surface area contributed by atoms with Crippen molar-refractivity contribution < 1.29 is 14.6 Å². The van der Waals surface area contributed by atoms with Gasteiger partial charge in [-0.15, -0.1) is 0 Å². The molecule has 9 nitrogen and oxygen atoms in total. The first-order valence-corrected chi connectivity index (χ1v) is 15.3. The van der Waals surface area contributed by atoms with Crippen LogP contribution in [0.25, 0.3) is 0 Å². The standard InChI is InChI=1S/2C10H17NO2.C8H14O.C4H12N2/c2*1-8(11(12)13)9-5-4-6-10(2,3)7-9;1-8(2)5-3-4-7(9)6-8;1-6(2)4-3-5/h7-8H,4-6H2,1-3H3;5,8H,4,6-7H2,1-3H3;3-6H2,1-2H3;3-5H2,1-2H3. The molecule has 0 amide bonds. The largest absolute Gasteiger partial charge is 0.329 e. The normalized spacial score (nSPS) is 22.1. The molecule has 2 N–H and O–H groups in total. The number of nitrogens with two attached hydrogens (primary N) is 1. The average molecular weight is 581 g/mol. The van der Waals surface area contributed by atoms with Gasteiger partial charge in [-0.25, -0.2) is 0 Å². The number of carbonyl (C=O) groups excluding carboxylic acids is 1. The lowest BCUT2D eigenvalue weighted by Gasteiger charge is -2.29. The Morgan fingerprint density at radius 3 is 1.73 bits per heavy atom. The number of Topliss-reactive ketones (excluding diaryl/α,β-unsaturated/α-hetero) is 1. The Labute approximate surface area is 249 Å². The first kappa shape index (κ1) is 38.9. The molecule has 1 saturated carbocycles. The molecule has 0 radical (unpaired) electrons. The fourth-order valence-electron chi connectivity index (χ4n) is 5.41. The molecular formula is C32H60N4O5. The van der Waals surface area contributed by atoms with Crippen LogP contribution in [-0.4, -0.2) is 59.8 Å². The van der Waals surface area contributed by atoms with Crippen molar-refractivity contribution in [2.45, 2.75) is 132 Å². The van der Waals surface area contributed by atoms with Crippen LogP contribution in [0.4, 0.5) is 0 Å². The average Bonchev–Trinajstić information content (AvgIpc) is 2.82. The quantitative estimate of drug-likeness (QED) is 0.199. The van der Waals surface area contributed by atoms with Gasteiger partial charge in [0.25, 0.3) is 0 Å². The molecule has 0 heterocycles. The highest BCUT2D eigenvalue weighted by atomic mass is 16.6. The molecule has 3 rings (SSSR count). The minimum Gasteiger partial charge on any atom is -0.329 e. The van der Waals surface area contributed by atoms with Crippen LogP contribution in [-0.2, 0) is 4.79 Å². The SMILES string of the molecule is CC(C1=CC(C)(C)CCC1)[N+](=O)[O-].CC(C1=CCCC(C)(C)C1)[N+](=O)[O-].CC1(C)CCCC(=O)C1.CN(C)CCN. The summed E-state index contributed by atoms with van der Waals surface area (Å²) in [6.45, 7) is 18.1. The van der Waals surface area contributed by atoms with Gasteiger partial charge in [-0.2, -0.15) is 0 Å². The molecule has 9 heteroatoms. The van der Waals surface area contributed by atoms with E-state index in [0.29, 0.717) is 11.2 Å². The number of hydrogen-bond donors (Lipinski definition) is 1. The minimum atomic E-state index is -0.500. The maximum Gasteiger partial charge on any atom is 0.231 e. The third-order valence-electron chi connectivity index (χ3n) is 8.04. The molecule has 2 atom stereocenters. The van der Waals surface area contributed by atoms with E-state index in [9.17, 15) is 25.0 Å². The number of rotatable bonds is 6. The third-order valence-corrected chi connectivity index (χ3v) is 8.04. The molecule has 0 saturated heterocycles. The molecule has 3 aliphatic rings. The third kappa shape index (κ3) is 17.4. The Balaban J connectivity index is 0.000000541. The van der Waals surface area contributed by atoms with E-state index in [4.69, 9.17) is 5.73 Å².